The number of hydrogen-bond donors (Lipinski definition) is 2. The second kappa shape index (κ2) is 9.87. The van der Waals surface area contributed by atoms with Crippen molar-refractivity contribution in [2.24, 2.45) is 0 Å². The van der Waals surface area contributed by atoms with Crippen LogP contribution in [0, 0.1) is 0 Å². The van der Waals surface area contributed by atoms with Crippen LogP contribution in [0.2, 0.25) is 0 Å². The van der Waals surface area contributed by atoms with Gasteiger partial charge in [0.2, 0.25) is 0 Å². The zero-order valence-electron chi connectivity index (χ0n) is 14.0. The highest BCUT2D eigenvalue weighted by molar-refractivity contribution is 5.97. The lowest BCUT2D eigenvalue weighted by molar-refractivity contribution is 0.0681. The van der Waals surface area contributed by atoms with Gasteiger partial charge in [0.15, 0.2) is 0 Å². The van der Waals surface area contributed by atoms with Crippen molar-refractivity contribution in [2.45, 2.75) is 52.4 Å². The maximum absolute atomic E-state index is 11.5. The van der Waals surface area contributed by atoms with E-state index in [9.17, 15) is 19.8 Å². The molecule has 5 heteroatoms. The first-order valence-corrected chi connectivity index (χ1v) is 8.36. The van der Waals surface area contributed by atoms with Crippen LogP contribution in [0.15, 0.2) is 18.2 Å². The van der Waals surface area contributed by atoms with Crippen LogP contribution < -0.4 is 4.90 Å². The number of rotatable bonds is 11. The summed E-state index contributed by atoms with van der Waals surface area (Å²) in [5.74, 6) is -2.06. The third-order valence-electron chi connectivity index (χ3n) is 3.88. The topological polar surface area (TPSA) is 77.8 Å². The Balaban J connectivity index is 3.10. The van der Waals surface area contributed by atoms with E-state index in [0.717, 1.165) is 51.6 Å². The molecule has 0 aliphatic rings. The fourth-order valence-corrected chi connectivity index (χ4v) is 2.57. The molecular weight excluding hydrogens is 294 g/mol. The predicted molar refractivity (Wildman–Crippen MR) is 91.6 cm³/mol. The number of nitrogens with zero attached hydrogens (tertiary/aromatic N) is 1. The second-order valence-corrected chi connectivity index (χ2v) is 5.74. The Labute approximate surface area is 137 Å². The molecule has 0 saturated heterocycles. The van der Waals surface area contributed by atoms with Gasteiger partial charge in [-0.05, 0) is 31.0 Å². The molecule has 1 rings (SSSR count). The third kappa shape index (κ3) is 5.93. The lowest BCUT2D eigenvalue weighted by atomic mass is 10.1. The van der Waals surface area contributed by atoms with E-state index in [-0.39, 0.29) is 11.1 Å². The van der Waals surface area contributed by atoms with Crippen molar-refractivity contribution in [3.8, 4) is 0 Å². The van der Waals surface area contributed by atoms with E-state index in [1.165, 1.54) is 18.2 Å². The SMILES string of the molecule is CCCCCN(CCCCC)c1cc(C(=O)O)ccc1C(=O)O. The van der Waals surface area contributed by atoms with E-state index in [0.29, 0.717) is 5.69 Å². The van der Waals surface area contributed by atoms with Gasteiger partial charge in [-0.15, -0.1) is 0 Å². The summed E-state index contributed by atoms with van der Waals surface area (Å²) in [6, 6.07) is 4.24. The lowest BCUT2D eigenvalue weighted by Gasteiger charge is -2.26. The Morgan fingerprint density at radius 1 is 0.913 bits per heavy atom. The summed E-state index contributed by atoms with van der Waals surface area (Å²) in [7, 11) is 0. The molecule has 0 radical (unpaired) electrons. The quantitative estimate of drug-likeness (QED) is 0.595. The highest BCUT2D eigenvalue weighted by atomic mass is 16.4. The Hall–Kier alpha value is -2.04. The van der Waals surface area contributed by atoms with Gasteiger partial charge in [0, 0.05) is 13.1 Å². The Morgan fingerprint density at radius 3 is 1.91 bits per heavy atom. The maximum Gasteiger partial charge on any atom is 0.337 e. The molecule has 0 heterocycles. The Morgan fingerprint density at radius 2 is 1.48 bits per heavy atom. The molecule has 0 unspecified atom stereocenters. The van der Waals surface area contributed by atoms with E-state index < -0.39 is 11.9 Å². The summed E-state index contributed by atoms with van der Waals surface area (Å²) in [6.45, 7) is 5.74. The molecule has 0 atom stereocenters. The molecule has 0 saturated carbocycles. The van der Waals surface area contributed by atoms with Crippen molar-refractivity contribution < 1.29 is 19.8 Å². The third-order valence-corrected chi connectivity index (χ3v) is 3.88. The molecule has 0 amide bonds. The van der Waals surface area contributed by atoms with Gasteiger partial charge in [-0.2, -0.15) is 0 Å². The van der Waals surface area contributed by atoms with Gasteiger partial charge in [-0.3, -0.25) is 0 Å². The monoisotopic (exact) mass is 321 g/mol. The minimum atomic E-state index is -1.04. The molecule has 5 nitrogen and oxygen atoms in total. The second-order valence-electron chi connectivity index (χ2n) is 5.74. The zero-order valence-corrected chi connectivity index (χ0v) is 14.0. The smallest absolute Gasteiger partial charge is 0.337 e. The maximum atomic E-state index is 11.5. The van der Waals surface area contributed by atoms with E-state index in [1.807, 2.05) is 4.90 Å². The van der Waals surface area contributed by atoms with E-state index >= 15 is 0 Å². The van der Waals surface area contributed by atoms with E-state index in [2.05, 4.69) is 13.8 Å². The van der Waals surface area contributed by atoms with Crippen LogP contribution in [-0.2, 0) is 0 Å². The summed E-state index contributed by atoms with van der Waals surface area (Å²) in [4.78, 5) is 24.7. The van der Waals surface area contributed by atoms with Gasteiger partial charge in [-0.1, -0.05) is 39.5 Å². The van der Waals surface area contributed by atoms with Crippen molar-refractivity contribution in [2.75, 3.05) is 18.0 Å². The number of hydrogen-bond acceptors (Lipinski definition) is 3. The van der Waals surface area contributed by atoms with Gasteiger partial charge in [0.05, 0.1) is 16.8 Å². The molecule has 0 bridgehead atoms. The molecule has 2 N–H and O–H groups in total. The lowest BCUT2D eigenvalue weighted by Crippen LogP contribution is -2.28. The van der Waals surface area contributed by atoms with E-state index in [4.69, 9.17) is 0 Å². The molecule has 1 aromatic rings. The van der Waals surface area contributed by atoms with Crippen molar-refractivity contribution in [3.63, 3.8) is 0 Å². The van der Waals surface area contributed by atoms with Gasteiger partial charge >= 0.3 is 11.9 Å². The molecule has 0 spiro atoms. The fraction of sp³-hybridized carbons (Fsp3) is 0.556. The summed E-state index contributed by atoms with van der Waals surface area (Å²) in [5, 5.41) is 18.6. The average Bonchev–Trinajstić information content (AvgIpc) is 2.53. The van der Waals surface area contributed by atoms with Gasteiger partial charge in [-0.25, -0.2) is 9.59 Å². The number of anilines is 1. The van der Waals surface area contributed by atoms with Crippen molar-refractivity contribution >= 4 is 17.6 Å². The first-order chi connectivity index (χ1) is 11.0. The molecule has 0 aliphatic carbocycles. The number of carboxylic acids is 2. The van der Waals surface area contributed by atoms with Gasteiger partial charge < -0.3 is 15.1 Å². The number of benzene rings is 1. The van der Waals surface area contributed by atoms with Gasteiger partial charge in [0.1, 0.15) is 0 Å². The van der Waals surface area contributed by atoms with Crippen LogP contribution >= 0.6 is 0 Å². The van der Waals surface area contributed by atoms with Crippen molar-refractivity contribution in [1.29, 1.82) is 0 Å². The largest absolute Gasteiger partial charge is 0.478 e. The number of carboxylic acid groups (broad SMARTS) is 2. The van der Waals surface area contributed by atoms with Crippen molar-refractivity contribution in [3.05, 3.63) is 29.3 Å². The Kier molecular flexibility index (Phi) is 8.16. The Bertz CT molecular complexity index is 518. The van der Waals surface area contributed by atoms with Crippen LogP contribution in [0.25, 0.3) is 0 Å². The van der Waals surface area contributed by atoms with Crippen LogP contribution in [-0.4, -0.2) is 35.2 Å². The fourth-order valence-electron chi connectivity index (χ4n) is 2.57. The molecule has 128 valence electrons. The van der Waals surface area contributed by atoms with Gasteiger partial charge in [0.25, 0.3) is 0 Å². The highest BCUT2D eigenvalue weighted by Gasteiger charge is 2.18. The molecule has 1 aromatic carbocycles. The first kappa shape index (κ1) is 19.0. The number of carbonyl (C=O) groups is 2. The van der Waals surface area contributed by atoms with Crippen LogP contribution in [0.4, 0.5) is 5.69 Å². The molecular formula is C18H27NO4. The molecule has 0 aromatic heterocycles. The van der Waals surface area contributed by atoms with E-state index in [1.54, 1.807) is 0 Å². The number of aromatic carboxylic acids is 2. The molecule has 23 heavy (non-hydrogen) atoms. The normalized spacial score (nSPS) is 10.5. The van der Waals surface area contributed by atoms with Crippen LogP contribution in [0.3, 0.4) is 0 Å². The number of unbranched alkanes of at least 4 members (excludes halogenated alkanes) is 4. The van der Waals surface area contributed by atoms with Crippen molar-refractivity contribution in [1.82, 2.24) is 0 Å². The molecule has 0 fully saturated rings. The first-order valence-electron chi connectivity index (χ1n) is 8.36. The summed E-state index contributed by atoms with van der Waals surface area (Å²) >= 11 is 0. The summed E-state index contributed by atoms with van der Waals surface area (Å²) < 4.78 is 0. The molecule has 0 aliphatic heterocycles. The minimum Gasteiger partial charge on any atom is -0.478 e. The summed E-state index contributed by atoms with van der Waals surface area (Å²) in [6.07, 6.45) is 6.27. The standard InChI is InChI=1S/C18H27NO4/c1-3-5-7-11-19(12-8-6-4-2)16-13-14(17(20)21)9-10-15(16)18(22)23/h9-10,13H,3-8,11-12H2,1-2H3,(H,20,21)(H,22,23). The minimum absolute atomic E-state index is 0.126. The van der Waals surface area contributed by atoms with Crippen LogP contribution in [0.1, 0.15) is 73.1 Å². The highest BCUT2D eigenvalue weighted by Crippen LogP contribution is 2.24. The zero-order chi connectivity index (χ0) is 17.2. The average molecular weight is 321 g/mol. The predicted octanol–water partition coefficient (Wildman–Crippen LogP) is 4.27. The van der Waals surface area contributed by atoms with Crippen LogP contribution in [0.5, 0.6) is 0 Å². The summed E-state index contributed by atoms with van der Waals surface area (Å²) in [5.41, 5.74) is 0.814.